The number of carbonyl (C=O) groups excluding carboxylic acids is 1. The lowest BCUT2D eigenvalue weighted by Crippen LogP contribution is -2.42. The van der Waals surface area contributed by atoms with Gasteiger partial charge in [-0.15, -0.1) is 0 Å². The van der Waals surface area contributed by atoms with Crippen molar-refractivity contribution < 1.29 is 19.8 Å². The van der Waals surface area contributed by atoms with Crippen LogP contribution in [0.1, 0.15) is 17.5 Å². The topological polar surface area (TPSA) is 113 Å². The Morgan fingerprint density at radius 2 is 1.89 bits per heavy atom. The monoisotopic (exact) mass is 266 g/mol. The molecule has 1 atom stereocenters. The van der Waals surface area contributed by atoms with Crippen LogP contribution in [0.2, 0.25) is 0 Å². The smallest absolute Gasteiger partial charge is 0.326 e. The van der Waals surface area contributed by atoms with Gasteiger partial charge in [-0.2, -0.15) is 0 Å². The molecule has 0 unspecified atom stereocenters. The number of aliphatic carboxylic acids is 1. The number of aliphatic hydroxyl groups is 1. The Labute approximate surface area is 111 Å². The number of carboxylic acids is 1. The van der Waals surface area contributed by atoms with Crippen molar-refractivity contribution in [3.05, 3.63) is 35.4 Å². The first-order valence-electron chi connectivity index (χ1n) is 5.98. The lowest BCUT2D eigenvalue weighted by molar-refractivity contribution is -0.142. The lowest BCUT2D eigenvalue weighted by atomic mass is 10.0. The molecule has 0 aliphatic heterocycles. The van der Waals surface area contributed by atoms with Gasteiger partial charge in [-0.05, 0) is 11.1 Å². The predicted octanol–water partition coefficient (Wildman–Crippen LogP) is -0.360. The summed E-state index contributed by atoms with van der Waals surface area (Å²) in [7, 11) is 0. The summed E-state index contributed by atoms with van der Waals surface area (Å²) in [6, 6.07) is 6.16. The molecule has 1 rings (SSSR count). The number of nitrogens with two attached hydrogens (primary N) is 1. The summed E-state index contributed by atoms with van der Waals surface area (Å²) >= 11 is 0. The second-order valence-electron chi connectivity index (χ2n) is 4.12. The maximum atomic E-state index is 11.8. The maximum absolute atomic E-state index is 11.8. The molecule has 0 aliphatic rings. The average molecular weight is 266 g/mol. The molecule has 0 fully saturated rings. The van der Waals surface area contributed by atoms with E-state index in [1.807, 2.05) is 12.1 Å². The number of amides is 1. The van der Waals surface area contributed by atoms with Gasteiger partial charge in [0.05, 0.1) is 6.42 Å². The minimum absolute atomic E-state index is 0.0143. The number of carbonyl (C=O) groups is 2. The maximum Gasteiger partial charge on any atom is 0.326 e. The molecular formula is C13H18N2O4. The van der Waals surface area contributed by atoms with Crippen molar-refractivity contribution in [3.8, 4) is 0 Å². The highest BCUT2D eigenvalue weighted by Gasteiger charge is 2.19. The van der Waals surface area contributed by atoms with Crippen LogP contribution in [-0.2, 0) is 22.6 Å². The fourth-order valence-electron chi connectivity index (χ4n) is 1.73. The van der Waals surface area contributed by atoms with E-state index in [1.54, 1.807) is 12.1 Å². The molecule has 0 aliphatic carbocycles. The van der Waals surface area contributed by atoms with Crippen molar-refractivity contribution in [2.75, 3.05) is 6.61 Å². The fraction of sp³-hybridized carbons (Fsp3) is 0.385. The van der Waals surface area contributed by atoms with Crippen LogP contribution in [0, 0.1) is 0 Å². The lowest BCUT2D eigenvalue weighted by Gasteiger charge is -2.14. The number of hydrogen-bond acceptors (Lipinski definition) is 4. The molecule has 0 saturated heterocycles. The van der Waals surface area contributed by atoms with E-state index in [9.17, 15) is 9.59 Å². The third-order valence-corrected chi connectivity index (χ3v) is 2.74. The molecule has 1 aromatic rings. The van der Waals surface area contributed by atoms with E-state index in [-0.39, 0.29) is 19.4 Å². The molecule has 5 N–H and O–H groups in total. The van der Waals surface area contributed by atoms with Gasteiger partial charge in [-0.25, -0.2) is 4.79 Å². The zero-order chi connectivity index (χ0) is 14.3. The van der Waals surface area contributed by atoms with Crippen LogP contribution >= 0.6 is 0 Å². The summed E-state index contributed by atoms with van der Waals surface area (Å²) in [5.74, 6) is -1.56. The molecule has 0 bridgehead atoms. The van der Waals surface area contributed by atoms with Gasteiger partial charge in [-0.1, -0.05) is 24.3 Å². The summed E-state index contributed by atoms with van der Waals surface area (Å²) < 4.78 is 0. The summed E-state index contributed by atoms with van der Waals surface area (Å²) in [5, 5.41) is 20.0. The van der Waals surface area contributed by atoms with Crippen molar-refractivity contribution in [2.24, 2.45) is 5.73 Å². The standard InChI is InChI=1S/C13H18N2O4/c14-8-10-4-2-1-3-9(10)7-12(17)15-11(5-6-16)13(18)19/h1-4,11,16H,5-8,14H2,(H,15,17)(H,18,19)/t11-/m1/s1. The van der Waals surface area contributed by atoms with E-state index in [0.717, 1.165) is 11.1 Å². The van der Waals surface area contributed by atoms with Crippen molar-refractivity contribution in [1.82, 2.24) is 5.32 Å². The second kappa shape index (κ2) is 7.50. The van der Waals surface area contributed by atoms with Gasteiger partial charge in [0.25, 0.3) is 0 Å². The average Bonchev–Trinajstić information content (AvgIpc) is 2.38. The normalized spacial score (nSPS) is 11.9. The van der Waals surface area contributed by atoms with Crippen molar-refractivity contribution in [3.63, 3.8) is 0 Å². The van der Waals surface area contributed by atoms with Crippen molar-refractivity contribution in [1.29, 1.82) is 0 Å². The van der Waals surface area contributed by atoms with E-state index < -0.39 is 17.9 Å². The van der Waals surface area contributed by atoms with E-state index >= 15 is 0 Å². The quantitative estimate of drug-likeness (QED) is 0.538. The van der Waals surface area contributed by atoms with Crippen LogP contribution in [0.4, 0.5) is 0 Å². The van der Waals surface area contributed by atoms with Gasteiger partial charge in [0.1, 0.15) is 6.04 Å². The highest BCUT2D eigenvalue weighted by molar-refractivity contribution is 5.85. The minimum Gasteiger partial charge on any atom is -0.480 e. The molecule has 0 heterocycles. The first-order chi connectivity index (χ1) is 9.08. The summed E-state index contributed by atoms with van der Waals surface area (Å²) in [6.45, 7) is 0.0269. The Morgan fingerprint density at radius 3 is 2.42 bits per heavy atom. The van der Waals surface area contributed by atoms with Crippen LogP contribution < -0.4 is 11.1 Å². The third kappa shape index (κ3) is 4.69. The van der Waals surface area contributed by atoms with Crippen LogP contribution in [0.15, 0.2) is 24.3 Å². The molecular weight excluding hydrogens is 248 g/mol. The Hall–Kier alpha value is -1.92. The van der Waals surface area contributed by atoms with Gasteiger partial charge < -0.3 is 21.3 Å². The highest BCUT2D eigenvalue weighted by Crippen LogP contribution is 2.08. The molecule has 1 amide bonds. The van der Waals surface area contributed by atoms with Crippen molar-refractivity contribution >= 4 is 11.9 Å². The Kier molecular flexibility index (Phi) is 5.98. The molecule has 19 heavy (non-hydrogen) atoms. The fourth-order valence-corrected chi connectivity index (χ4v) is 1.73. The largest absolute Gasteiger partial charge is 0.480 e. The highest BCUT2D eigenvalue weighted by atomic mass is 16.4. The minimum atomic E-state index is -1.16. The number of benzene rings is 1. The molecule has 1 aromatic carbocycles. The summed E-state index contributed by atoms with van der Waals surface area (Å²) in [4.78, 5) is 22.6. The van der Waals surface area contributed by atoms with Crippen LogP contribution in [-0.4, -0.2) is 34.7 Å². The number of rotatable bonds is 7. The summed E-state index contributed by atoms with van der Waals surface area (Å²) in [5.41, 5.74) is 7.19. The number of hydrogen-bond donors (Lipinski definition) is 4. The summed E-state index contributed by atoms with van der Waals surface area (Å²) in [6.07, 6.45) is 0.0577. The Morgan fingerprint density at radius 1 is 1.26 bits per heavy atom. The zero-order valence-corrected chi connectivity index (χ0v) is 10.5. The van der Waals surface area contributed by atoms with E-state index in [1.165, 1.54) is 0 Å². The molecule has 104 valence electrons. The molecule has 0 aromatic heterocycles. The molecule has 0 radical (unpaired) electrons. The molecule has 0 spiro atoms. The molecule has 6 heteroatoms. The third-order valence-electron chi connectivity index (χ3n) is 2.74. The van der Waals surface area contributed by atoms with Gasteiger partial charge in [0, 0.05) is 19.6 Å². The number of aliphatic hydroxyl groups excluding tert-OH is 1. The molecule has 0 saturated carbocycles. The van der Waals surface area contributed by atoms with Gasteiger partial charge in [0.15, 0.2) is 0 Å². The van der Waals surface area contributed by atoms with Gasteiger partial charge >= 0.3 is 5.97 Å². The van der Waals surface area contributed by atoms with E-state index in [0.29, 0.717) is 6.54 Å². The van der Waals surface area contributed by atoms with Crippen LogP contribution in [0.25, 0.3) is 0 Å². The van der Waals surface area contributed by atoms with E-state index in [2.05, 4.69) is 5.32 Å². The zero-order valence-electron chi connectivity index (χ0n) is 10.5. The predicted molar refractivity (Wildman–Crippen MR) is 69.3 cm³/mol. The first kappa shape index (κ1) is 15.1. The van der Waals surface area contributed by atoms with Crippen molar-refractivity contribution in [2.45, 2.75) is 25.4 Å². The SMILES string of the molecule is NCc1ccccc1CC(=O)N[C@H](CCO)C(=O)O. The van der Waals surface area contributed by atoms with Crippen LogP contribution in [0.5, 0.6) is 0 Å². The Bertz CT molecular complexity index is 448. The second-order valence-corrected chi connectivity index (χ2v) is 4.12. The van der Waals surface area contributed by atoms with Crippen LogP contribution in [0.3, 0.4) is 0 Å². The number of nitrogens with one attached hydrogen (secondary N) is 1. The Balaban J connectivity index is 2.66. The van der Waals surface area contributed by atoms with E-state index in [4.69, 9.17) is 15.9 Å². The number of carboxylic acid groups (broad SMARTS) is 1. The molecule has 6 nitrogen and oxygen atoms in total. The van der Waals surface area contributed by atoms with Gasteiger partial charge in [-0.3, -0.25) is 4.79 Å². The first-order valence-corrected chi connectivity index (χ1v) is 5.98. The van der Waals surface area contributed by atoms with Gasteiger partial charge in [0.2, 0.25) is 5.91 Å².